The highest BCUT2D eigenvalue weighted by molar-refractivity contribution is 7.92. The minimum absolute atomic E-state index is 0.00127. The first-order valence-electron chi connectivity index (χ1n) is 13.3. The minimum atomic E-state index is -4.04. The summed E-state index contributed by atoms with van der Waals surface area (Å²) < 4.78 is 56.9. The average molecular weight is 624 g/mol. The van der Waals surface area contributed by atoms with E-state index < -0.39 is 32.5 Å². The van der Waals surface area contributed by atoms with Crippen molar-refractivity contribution >= 4 is 48.9 Å². The molecule has 218 valence electrons. The molecule has 0 bridgehead atoms. The van der Waals surface area contributed by atoms with Gasteiger partial charge in [0.25, 0.3) is 10.0 Å². The Morgan fingerprint density at radius 3 is 2.33 bits per heavy atom. The molecule has 11 heteroatoms. The number of sulfonamides is 2. The van der Waals surface area contributed by atoms with Gasteiger partial charge in [-0.2, -0.15) is 4.31 Å². The average Bonchev–Trinajstić information content (AvgIpc) is 3.39. The normalized spacial score (nSPS) is 13.3. The predicted molar refractivity (Wildman–Crippen MR) is 165 cm³/mol. The van der Waals surface area contributed by atoms with E-state index >= 15 is 0 Å². The van der Waals surface area contributed by atoms with Gasteiger partial charge in [0.2, 0.25) is 15.9 Å². The highest BCUT2D eigenvalue weighted by Crippen LogP contribution is 2.35. The lowest BCUT2D eigenvalue weighted by atomic mass is 10.1. The first-order chi connectivity index (χ1) is 19.9. The fraction of sp³-hybridized carbons (Fsp3) is 0.194. The standard InChI is InChI=1S/C31H30ClN3O5S2/c1-22-8-9-23(2)30(18-22)42(39,40)34(20-24-6-4-3-5-7-24)21-31(36)33-27-13-10-25-16-17-35(29(25)19-27)41(37,38)28-14-11-26(32)12-15-28/h3-15,18-19H,16-17,20-21H2,1-2H3,(H,33,36). The molecule has 0 radical (unpaired) electrons. The molecule has 8 nitrogen and oxygen atoms in total. The van der Waals surface area contributed by atoms with E-state index in [0.717, 1.165) is 21.0 Å². The maximum absolute atomic E-state index is 13.8. The van der Waals surface area contributed by atoms with E-state index in [1.165, 1.54) is 28.6 Å². The van der Waals surface area contributed by atoms with Crippen LogP contribution in [0.3, 0.4) is 0 Å². The lowest BCUT2D eigenvalue weighted by molar-refractivity contribution is -0.116. The van der Waals surface area contributed by atoms with E-state index in [2.05, 4.69) is 5.32 Å². The zero-order valence-electron chi connectivity index (χ0n) is 23.1. The van der Waals surface area contributed by atoms with Crippen LogP contribution in [-0.2, 0) is 37.8 Å². The number of amides is 1. The summed E-state index contributed by atoms with van der Waals surface area (Å²) in [6.07, 6.45) is 0.523. The maximum atomic E-state index is 13.8. The van der Waals surface area contributed by atoms with Gasteiger partial charge >= 0.3 is 0 Å². The Bertz CT molecular complexity index is 1850. The molecule has 0 fully saturated rings. The Hall–Kier alpha value is -3.70. The van der Waals surface area contributed by atoms with Gasteiger partial charge in [0.1, 0.15) is 0 Å². The van der Waals surface area contributed by atoms with Crippen molar-refractivity contribution in [3.8, 4) is 0 Å². The molecule has 0 saturated carbocycles. The summed E-state index contributed by atoms with van der Waals surface area (Å²) in [5.41, 5.74) is 3.76. The van der Waals surface area contributed by atoms with E-state index in [-0.39, 0.29) is 22.9 Å². The van der Waals surface area contributed by atoms with Crippen LogP contribution in [-0.4, -0.2) is 40.1 Å². The molecular weight excluding hydrogens is 594 g/mol. The summed E-state index contributed by atoms with van der Waals surface area (Å²) >= 11 is 5.94. The molecule has 0 spiro atoms. The summed E-state index contributed by atoms with van der Waals surface area (Å²) in [6.45, 7) is 3.37. The molecule has 1 heterocycles. The number of anilines is 2. The number of carbonyl (C=O) groups excluding carboxylic acids is 1. The monoisotopic (exact) mass is 623 g/mol. The number of halogens is 1. The maximum Gasteiger partial charge on any atom is 0.264 e. The minimum Gasteiger partial charge on any atom is -0.325 e. The quantitative estimate of drug-likeness (QED) is 0.264. The fourth-order valence-electron chi connectivity index (χ4n) is 4.91. The molecule has 1 amide bonds. The Kier molecular flexibility index (Phi) is 8.43. The van der Waals surface area contributed by atoms with E-state index in [4.69, 9.17) is 11.6 Å². The largest absolute Gasteiger partial charge is 0.325 e. The zero-order valence-corrected chi connectivity index (χ0v) is 25.5. The summed E-state index contributed by atoms with van der Waals surface area (Å²) in [7, 11) is -7.89. The summed E-state index contributed by atoms with van der Waals surface area (Å²) in [6, 6.07) is 25.3. The van der Waals surface area contributed by atoms with Crippen molar-refractivity contribution < 1.29 is 21.6 Å². The van der Waals surface area contributed by atoms with Crippen molar-refractivity contribution in [1.29, 1.82) is 0 Å². The molecule has 5 rings (SSSR count). The number of rotatable bonds is 9. The van der Waals surface area contributed by atoms with Crippen molar-refractivity contribution in [3.05, 3.63) is 118 Å². The molecule has 42 heavy (non-hydrogen) atoms. The van der Waals surface area contributed by atoms with Crippen molar-refractivity contribution in [2.75, 3.05) is 22.7 Å². The van der Waals surface area contributed by atoms with Gasteiger partial charge in [0, 0.05) is 23.8 Å². The molecule has 0 aliphatic carbocycles. The van der Waals surface area contributed by atoms with Crippen molar-refractivity contribution in [2.24, 2.45) is 0 Å². The third-order valence-electron chi connectivity index (χ3n) is 7.11. The summed E-state index contributed by atoms with van der Waals surface area (Å²) in [4.78, 5) is 13.6. The number of hydrogen-bond acceptors (Lipinski definition) is 5. The van der Waals surface area contributed by atoms with Crippen LogP contribution < -0.4 is 9.62 Å². The van der Waals surface area contributed by atoms with Crippen molar-refractivity contribution in [1.82, 2.24) is 4.31 Å². The van der Waals surface area contributed by atoms with Gasteiger partial charge in [0.15, 0.2) is 0 Å². The van der Waals surface area contributed by atoms with E-state index in [9.17, 15) is 21.6 Å². The van der Waals surface area contributed by atoms with Crippen LogP contribution in [0.4, 0.5) is 11.4 Å². The van der Waals surface area contributed by atoms with Gasteiger partial charge < -0.3 is 5.32 Å². The number of fused-ring (bicyclic) bond motifs is 1. The lowest BCUT2D eigenvalue weighted by Gasteiger charge is -2.23. The number of nitrogens with zero attached hydrogens (tertiary/aromatic N) is 2. The molecule has 1 aliphatic rings. The Labute approximate surface area is 251 Å². The fourth-order valence-corrected chi connectivity index (χ4v) is 8.22. The van der Waals surface area contributed by atoms with Gasteiger partial charge in [-0.25, -0.2) is 16.8 Å². The van der Waals surface area contributed by atoms with Gasteiger partial charge in [0.05, 0.1) is 22.0 Å². The highest BCUT2D eigenvalue weighted by atomic mass is 35.5. The first-order valence-corrected chi connectivity index (χ1v) is 16.5. The first kappa shape index (κ1) is 29.8. The van der Waals surface area contributed by atoms with Gasteiger partial charge in [-0.3, -0.25) is 9.10 Å². The summed E-state index contributed by atoms with van der Waals surface area (Å²) in [5, 5.41) is 3.20. The topological polar surface area (TPSA) is 104 Å². The van der Waals surface area contributed by atoms with Gasteiger partial charge in [-0.05, 0) is 85.0 Å². The molecule has 0 unspecified atom stereocenters. The third-order valence-corrected chi connectivity index (χ3v) is 11.1. The molecule has 4 aromatic rings. The van der Waals surface area contributed by atoms with Crippen LogP contribution in [0.15, 0.2) is 101 Å². The molecule has 0 atom stereocenters. The van der Waals surface area contributed by atoms with Gasteiger partial charge in [-0.15, -0.1) is 0 Å². The van der Waals surface area contributed by atoms with Crippen molar-refractivity contribution in [3.63, 3.8) is 0 Å². The van der Waals surface area contributed by atoms with Crippen LogP contribution >= 0.6 is 11.6 Å². The Morgan fingerprint density at radius 1 is 0.905 bits per heavy atom. The number of benzene rings is 4. The number of aryl methyl sites for hydroxylation is 2. The predicted octanol–water partition coefficient (Wildman–Crippen LogP) is 5.54. The van der Waals surface area contributed by atoms with E-state index in [1.807, 2.05) is 31.2 Å². The molecule has 1 N–H and O–H groups in total. The molecular formula is C31H30ClN3O5S2. The van der Waals surface area contributed by atoms with E-state index in [1.54, 1.807) is 49.4 Å². The van der Waals surface area contributed by atoms with Crippen LogP contribution in [0.5, 0.6) is 0 Å². The molecule has 1 aliphatic heterocycles. The highest BCUT2D eigenvalue weighted by Gasteiger charge is 2.32. The Balaban J connectivity index is 1.40. The molecule has 0 saturated heterocycles. The Morgan fingerprint density at radius 2 is 1.62 bits per heavy atom. The second-order valence-electron chi connectivity index (χ2n) is 10.2. The zero-order chi connectivity index (χ0) is 30.1. The van der Waals surface area contributed by atoms with Crippen LogP contribution in [0, 0.1) is 13.8 Å². The molecule has 0 aromatic heterocycles. The third kappa shape index (κ3) is 6.22. The second kappa shape index (κ2) is 11.9. The number of carbonyl (C=O) groups is 1. The van der Waals surface area contributed by atoms with Crippen LogP contribution in [0.25, 0.3) is 0 Å². The number of hydrogen-bond donors (Lipinski definition) is 1. The lowest BCUT2D eigenvalue weighted by Crippen LogP contribution is -2.38. The van der Waals surface area contributed by atoms with Crippen LogP contribution in [0.2, 0.25) is 5.02 Å². The molecule has 4 aromatic carbocycles. The van der Waals surface area contributed by atoms with Gasteiger partial charge in [-0.1, -0.05) is 60.1 Å². The van der Waals surface area contributed by atoms with Crippen molar-refractivity contribution in [2.45, 2.75) is 36.6 Å². The van der Waals surface area contributed by atoms with E-state index in [0.29, 0.717) is 28.4 Å². The SMILES string of the molecule is Cc1ccc(C)c(S(=O)(=O)N(CC(=O)Nc2ccc3c(c2)N(S(=O)(=O)c2ccc(Cl)cc2)CC3)Cc2ccccc2)c1. The van der Waals surface area contributed by atoms with Crippen LogP contribution in [0.1, 0.15) is 22.3 Å². The number of nitrogens with one attached hydrogen (secondary N) is 1. The summed E-state index contributed by atoms with van der Waals surface area (Å²) in [5.74, 6) is -0.551. The smallest absolute Gasteiger partial charge is 0.264 e. The second-order valence-corrected chi connectivity index (χ2v) is 14.4.